The molecule has 90 valence electrons. The van der Waals surface area contributed by atoms with Crippen molar-refractivity contribution in [1.82, 2.24) is 4.98 Å². The number of pyridine rings is 1. The van der Waals surface area contributed by atoms with Crippen molar-refractivity contribution in [2.45, 2.75) is 13.3 Å². The first-order chi connectivity index (χ1) is 8.90. The number of hydrogen-bond acceptors (Lipinski definition) is 1. The molecule has 0 spiro atoms. The van der Waals surface area contributed by atoms with E-state index in [-0.39, 0.29) is 0 Å². The first-order valence-corrected chi connectivity index (χ1v) is 6.23. The molecule has 18 heavy (non-hydrogen) atoms. The van der Waals surface area contributed by atoms with Gasteiger partial charge in [-0.15, -0.1) is 0 Å². The summed E-state index contributed by atoms with van der Waals surface area (Å²) < 4.78 is 0. The molecule has 0 radical (unpaired) electrons. The van der Waals surface area contributed by atoms with Crippen molar-refractivity contribution in [2.75, 3.05) is 0 Å². The molecule has 1 nitrogen and oxygen atoms in total. The molecule has 1 aromatic carbocycles. The van der Waals surface area contributed by atoms with Gasteiger partial charge in [0, 0.05) is 12.4 Å². The minimum atomic E-state index is 1.01. The Labute approximate surface area is 109 Å². The minimum Gasteiger partial charge on any atom is -0.264 e. The topological polar surface area (TPSA) is 12.9 Å². The lowest BCUT2D eigenvalue weighted by Gasteiger charge is -2.00. The molecule has 0 aliphatic rings. The lowest BCUT2D eigenvalue weighted by atomic mass is 10.1. The first kappa shape index (κ1) is 12.3. The maximum atomic E-state index is 4.14. The molecule has 1 heterocycles. The molecule has 2 aromatic rings. The van der Waals surface area contributed by atoms with Gasteiger partial charge >= 0.3 is 0 Å². The van der Waals surface area contributed by atoms with Gasteiger partial charge in [-0.3, -0.25) is 4.98 Å². The van der Waals surface area contributed by atoms with E-state index in [9.17, 15) is 0 Å². The molecular weight excluding hydrogens is 218 g/mol. The van der Waals surface area contributed by atoms with E-state index in [4.69, 9.17) is 0 Å². The van der Waals surface area contributed by atoms with Crippen molar-refractivity contribution < 1.29 is 0 Å². The Balaban J connectivity index is 2.06. The van der Waals surface area contributed by atoms with E-state index in [0.717, 1.165) is 6.42 Å². The van der Waals surface area contributed by atoms with Crippen LogP contribution in [0.1, 0.15) is 23.6 Å². The fraction of sp³-hybridized carbons (Fsp3) is 0.118. The smallest absolute Gasteiger partial charge is 0.0305 e. The van der Waals surface area contributed by atoms with Crippen molar-refractivity contribution in [2.24, 2.45) is 0 Å². The third-order valence-electron chi connectivity index (χ3n) is 2.80. The average molecular weight is 235 g/mol. The fourth-order valence-electron chi connectivity index (χ4n) is 1.79. The van der Waals surface area contributed by atoms with Gasteiger partial charge in [0.15, 0.2) is 0 Å². The summed E-state index contributed by atoms with van der Waals surface area (Å²) in [6.07, 6.45) is 13.1. The zero-order valence-electron chi connectivity index (χ0n) is 10.6. The van der Waals surface area contributed by atoms with Gasteiger partial charge in [-0.25, -0.2) is 0 Å². The Morgan fingerprint density at radius 3 is 2.56 bits per heavy atom. The molecule has 0 aliphatic carbocycles. The molecule has 0 unspecified atom stereocenters. The highest BCUT2D eigenvalue weighted by molar-refractivity contribution is 5.58. The van der Waals surface area contributed by atoms with Crippen LogP contribution in [-0.4, -0.2) is 4.98 Å². The zero-order valence-corrected chi connectivity index (χ0v) is 10.6. The fourth-order valence-corrected chi connectivity index (χ4v) is 1.79. The largest absolute Gasteiger partial charge is 0.264 e. The molecular formula is C17H17N. The summed E-state index contributed by atoms with van der Waals surface area (Å²) in [6, 6.07) is 12.3. The van der Waals surface area contributed by atoms with Gasteiger partial charge in [0.1, 0.15) is 0 Å². The summed E-state index contributed by atoms with van der Waals surface area (Å²) in [5.74, 6) is 0. The second kappa shape index (κ2) is 6.55. The first-order valence-electron chi connectivity index (χ1n) is 6.23. The Hall–Kier alpha value is -2.15. The number of nitrogens with zero attached hydrogens (tertiary/aromatic N) is 1. The van der Waals surface area contributed by atoms with Crippen LogP contribution in [0.25, 0.3) is 12.2 Å². The summed E-state index contributed by atoms with van der Waals surface area (Å²) in [5.41, 5.74) is 3.74. The highest BCUT2D eigenvalue weighted by Crippen LogP contribution is 2.10. The summed E-state index contributed by atoms with van der Waals surface area (Å²) >= 11 is 0. The standard InChI is InChI=1S/C17H17N/c1-2-16-14-18-13-12-17(16)11-7-6-10-15-8-4-3-5-9-15/h3-14H,2H2,1H3. The quantitative estimate of drug-likeness (QED) is 0.717. The number of aromatic nitrogens is 1. The van der Waals surface area contributed by atoms with E-state index in [1.54, 1.807) is 0 Å². The molecule has 2 rings (SSSR count). The van der Waals surface area contributed by atoms with E-state index in [1.807, 2.05) is 36.7 Å². The number of aryl methyl sites for hydroxylation is 1. The molecule has 1 heteroatoms. The Morgan fingerprint density at radius 2 is 1.78 bits per heavy atom. The van der Waals surface area contributed by atoms with Gasteiger partial charge < -0.3 is 0 Å². The number of benzene rings is 1. The molecule has 0 amide bonds. The van der Waals surface area contributed by atoms with Crippen LogP contribution in [0, 0.1) is 0 Å². The van der Waals surface area contributed by atoms with Gasteiger partial charge in [-0.05, 0) is 29.2 Å². The van der Waals surface area contributed by atoms with E-state index in [2.05, 4.69) is 48.3 Å². The molecule has 0 aliphatic heterocycles. The normalized spacial score (nSPS) is 11.4. The predicted octanol–water partition coefficient (Wildman–Crippen LogP) is 4.37. The van der Waals surface area contributed by atoms with Crippen molar-refractivity contribution in [3.8, 4) is 0 Å². The Bertz CT molecular complexity index is 539. The van der Waals surface area contributed by atoms with Gasteiger partial charge in [0.05, 0.1) is 0 Å². The molecule has 0 saturated carbocycles. The number of hydrogen-bond donors (Lipinski definition) is 0. The van der Waals surface area contributed by atoms with Crippen LogP contribution in [0.5, 0.6) is 0 Å². The van der Waals surface area contributed by atoms with Crippen molar-refractivity contribution >= 4 is 12.2 Å². The maximum absolute atomic E-state index is 4.14. The van der Waals surface area contributed by atoms with Crippen molar-refractivity contribution in [1.29, 1.82) is 0 Å². The van der Waals surface area contributed by atoms with Gasteiger partial charge in [-0.1, -0.05) is 61.6 Å². The van der Waals surface area contributed by atoms with Gasteiger partial charge in [0.25, 0.3) is 0 Å². The molecule has 0 fully saturated rings. The summed E-state index contributed by atoms with van der Waals surface area (Å²) in [4.78, 5) is 4.14. The summed E-state index contributed by atoms with van der Waals surface area (Å²) in [6.45, 7) is 2.15. The lowest BCUT2D eigenvalue weighted by Crippen LogP contribution is -1.86. The van der Waals surface area contributed by atoms with E-state index < -0.39 is 0 Å². The summed E-state index contributed by atoms with van der Waals surface area (Å²) in [7, 11) is 0. The summed E-state index contributed by atoms with van der Waals surface area (Å²) in [5, 5.41) is 0. The third-order valence-corrected chi connectivity index (χ3v) is 2.80. The van der Waals surface area contributed by atoms with Crippen LogP contribution < -0.4 is 0 Å². The average Bonchev–Trinajstić information content (AvgIpc) is 2.45. The van der Waals surface area contributed by atoms with Crippen molar-refractivity contribution in [3.05, 3.63) is 77.6 Å². The van der Waals surface area contributed by atoms with Gasteiger partial charge in [0.2, 0.25) is 0 Å². The number of allylic oxidation sites excluding steroid dienone is 2. The van der Waals surface area contributed by atoms with Crippen molar-refractivity contribution in [3.63, 3.8) is 0 Å². The SMILES string of the molecule is CCc1cnccc1C=CC=Cc1ccccc1. The van der Waals surface area contributed by atoms with E-state index in [0.29, 0.717) is 0 Å². The van der Waals surface area contributed by atoms with E-state index in [1.165, 1.54) is 16.7 Å². The number of rotatable bonds is 4. The molecule has 0 atom stereocenters. The Kier molecular flexibility index (Phi) is 4.48. The highest BCUT2D eigenvalue weighted by atomic mass is 14.6. The monoisotopic (exact) mass is 235 g/mol. The Morgan fingerprint density at radius 1 is 1.00 bits per heavy atom. The van der Waals surface area contributed by atoms with Crippen LogP contribution in [-0.2, 0) is 6.42 Å². The molecule has 0 bridgehead atoms. The van der Waals surface area contributed by atoms with Crippen LogP contribution in [0.15, 0.2) is 60.9 Å². The van der Waals surface area contributed by atoms with Crippen LogP contribution in [0.2, 0.25) is 0 Å². The zero-order chi connectivity index (χ0) is 12.6. The van der Waals surface area contributed by atoms with Crippen LogP contribution in [0.4, 0.5) is 0 Å². The maximum Gasteiger partial charge on any atom is 0.0305 e. The van der Waals surface area contributed by atoms with Gasteiger partial charge in [-0.2, -0.15) is 0 Å². The molecule has 0 saturated heterocycles. The lowest BCUT2D eigenvalue weighted by molar-refractivity contribution is 1.10. The van der Waals surface area contributed by atoms with E-state index >= 15 is 0 Å². The second-order valence-electron chi connectivity index (χ2n) is 4.06. The molecule has 1 aromatic heterocycles. The van der Waals surface area contributed by atoms with Crippen LogP contribution in [0.3, 0.4) is 0 Å². The third kappa shape index (κ3) is 3.42. The second-order valence-corrected chi connectivity index (χ2v) is 4.06. The van der Waals surface area contributed by atoms with Crippen LogP contribution >= 0.6 is 0 Å². The minimum absolute atomic E-state index is 1.01. The predicted molar refractivity (Wildman–Crippen MR) is 78.1 cm³/mol. The molecule has 0 N–H and O–H groups in total. The highest BCUT2D eigenvalue weighted by Gasteiger charge is 1.94.